The number of hydrogen-bond donors (Lipinski definition) is 1. The second-order valence-electron chi connectivity index (χ2n) is 6.31. The molecule has 2 aliphatic heterocycles. The number of fused-ring (bicyclic) bond motifs is 2. The zero-order valence-corrected chi connectivity index (χ0v) is 12.0. The minimum Gasteiger partial charge on any atom is -0.453 e. The highest BCUT2D eigenvalue weighted by Crippen LogP contribution is 2.54. The highest BCUT2D eigenvalue weighted by Gasteiger charge is 2.70. The lowest BCUT2D eigenvalue weighted by Gasteiger charge is -2.44. The highest BCUT2D eigenvalue weighted by molar-refractivity contribution is 5.90. The fourth-order valence-electron chi connectivity index (χ4n) is 3.54. The summed E-state index contributed by atoms with van der Waals surface area (Å²) in [4.78, 5) is 24.5. The summed E-state index contributed by atoms with van der Waals surface area (Å²) in [6.07, 6.45) is -1.59. The lowest BCUT2D eigenvalue weighted by atomic mass is 9.72. The smallest absolute Gasteiger partial charge is 0.338 e. The lowest BCUT2D eigenvalue weighted by molar-refractivity contribution is -0.277. The maximum absolute atomic E-state index is 12.3. The SMILES string of the molecule is CC12CC(=O)C3CC1(O)OC(O2)C3OC(=O)c1ccccc1. The molecule has 3 fully saturated rings. The van der Waals surface area contributed by atoms with Gasteiger partial charge in [-0.15, -0.1) is 0 Å². The summed E-state index contributed by atoms with van der Waals surface area (Å²) in [5.74, 6) is -2.67. The highest BCUT2D eigenvalue weighted by atomic mass is 16.8. The normalized spacial score (nSPS) is 42.5. The first-order valence-corrected chi connectivity index (χ1v) is 7.29. The molecule has 0 aromatic heterocycles. The number of carbonyl (C=O) groups is 2. The van der Waals surface area contributed by atoms with E-state index in [-0.39, 0.29) is 18.6 Å². The molecule has 1 aliphatic carbocycles. The van der Waals surface area contributed by atoms with Crippen molar-refractivity contribution in [3.63, 3.8) is 0 Å². The Morgan fingerprint density at radius 1 is 1.32 bits per heavy atom. The van der Waals surface area contributed by atoms with Gasteiger partial charge in [-0.1, -0.05) is 18.2 Å². The molecular weight excluding hydrogens is 288 g/mol. The Balaban J connectivity index is 1.61. The van der Waals surface area contributed by atoms with E-state index in [9.17, 15) is 14.7 Å². The molecular formula is C16H16O6. The zero-order valence-electron chi connectivity index (χ0n) is 12.0. The second kappa shape index (κ2) is 4.38. The molecule has 3 bridgehead atoms. The van der Waals surface area contributed by atoms with Crippen LogP contribution in [0.3, 0.4) is 0 Å². The minimum atomic E-state index is -1.48. The number of carbonyl (C=O) groups excluding carboxylic acids is 2. The van der Waals surface area contributed by atoms with Crippen LogP contribution in [0.2, 0.25) is 0 Å². The summed E-state index contributed by atoms with van der Waals surface area (Å²) in [7, 11) is 0. The van der Waals surface area contributed by atoms with Gasteiger partial charge in [0, 0.05) is 12.8 Å². The maximum Gasteiger partial charge on any atom is 0.338 e. The minimum absolute atomic E-state index is 0.0596. The summed E-state index contributed by atoms with van der Waals surface area (Å²) >= 11 is 0. The van der Waals surface area contributed by atoms with Crippen LogP contribution in [0.25, 0.3) is 0 Å². The molecule has 4 rings (SSSR count). The van der Waals surface area contributed by atoms with Crippen LogP contribution in [0, 0.1) is 5.92 Å². The number of esters is 1. The molecule has 0 spiro atoms. The third-order valence-corrected chi connectivity index (χ3v) is 4.85. The van der Waals surface area contributed by atoms with Gasteiger partial charge in [0.25, 0.3) is 0 Å². The number of benzene rings is 1. The second-order valence-corrected chi connectivity index (χ2v) is 6.31. The van der Waals surface area contributed by atoms with Gasteiger partial charge in [0.2, 0.25) is 0 Å². The van der Waals surface area contributed by atoms with Crippen molar-refractivity contribution in [2.75, 3.05) is 0 Å². The summed E-state index contributed by atoms with van der Waals surface area (Å²) in [6, 6.07) is 8.54. The van der Waals surface area contributed by atoms with Crippen molar-refractivity contribution in [3.05, 3.63) is 35.9 Å². The van der Waals surface area contributed by atoms with Crippen LogP contribution in [-0.2, 0) is 19.0 Å². The predicted molar refractivity (Wildman–Crippen MR) is 72.7 cm³/mol. The molecule has 6 nitrogen and oxygen atoms in total. The van der Waals surface area contributed by atoms with Gasteiger partial charge in [-0.05, 0) is 19.1 Å². The van der Waals surface area contributed by atoms with Crippen molar-refractivity contribution in [3.8, 4) is 0 Å². The maximum atomic E-state index is 12.3. The Bertz CT molecular complexity index is 643. The van der Waals surface area contributed by atoms with Crippen molar-refractivity contribution in [2.24, 2.45) is 5.92 Å². The number of rotatable bonds is 2. The van der Waals surface area contributed by atoms with Gasteiger partial charge in [0.15, 0.2) is 18.2 Å². The third-order valence-electron chi connectivity index (χ3n) is 4.85. The Kier molecular flexibility index (Phi) is 2.76. The van der Waals surface area contributed by atoms with Crippen molar-refractivity contribution in [2.45, 2.75) is 43.5 Å². The quantitative estimate of drug-likeness (QED) is 0.822. The number of hydrogen-bond acceptors (Lipinski definition) is 6. The average molecular weight is 304 g/mol. The van der Waals surface area contributed by atoms with Crippen LogP contribution in [-0.4, -0.2) is 40.6 Å². The van der Waals surface area contributed by atoms with Gasteiger partial charge >= 0.3 is 5.97 Å². The Labute approximate surface area is 127 Å². The zero-order chi connectivity index (χ0) is 15.5. The summed E-state index contributed by atoms with van der Waals surface area (Å²) in [5.41, 5.74) is -0.673. The fourth-order valence-corrected chi connectivity index (χ4v) is 3.54. The first kappa shape index (κ1) is 13.9. The average Bonchev–Trinajstić information content (AvgIpc) is 2.66. The van der Waals surface area contributed by atoms with Gasteiger partial charge in [0.1, 0.15) is 11.4 Å². The van der Waals surface area contributed by atoms with Gasteiger partial charge in [0.05, 0.1) is 11.5 Å². The predicted octanol–water partition coefficient (Wildman–Crippen LogP) is 1.02. The molecule has 1 aromatic rings. The van der Waals surface area contributed by atoms with E-state index in [4.69, 9.17) is 14.2 Å². The largest absolute Gasteiger partial charge is 0.453 e. The number of ether oxygens (including phenoxy) is 3. The Morgan fingerprint density at radius 2 is 2.05 bits per heavy atom. The van der Waals surface area contributed by atoms with Crippen molar-refractivity contribution in [1.29, 1.82) is 0 Å². The van der Waals surface area contributed by atoms with E-state index in [1.165, 1.54) is 0 Å². The van der Waals surface area contributed by atoms with Gasteiger partial charge in [-0.25, -0.2) is 4.79 Å². The van der Waals surface area contributed by atoms with E-state index in [2.05, 4.69) is 0 Å². The molecule has 116 valence electrons. The van der Waals surface area contributed by atoms with Crippen LogP contribution >= 0.6 is 0 Å². The van der Waals surface area contributed by atoms with E-state index in [0.29, 0.717) is 5.56 Å². The molecule has 1 N–H and O–H groups in total. The molecule has 1 saturated carbocycles. The molecule has 5 atom stereocenters. The molecule has 3 aliphatic rings. The third kappa shape index (κ3) is 1.78. The van der Waals surface area contributed by atoms with Crippen molar-refractivity contribution < 1.29 is 28.9 Å². The fraction of sp³-hybridized carbons (Fsp3) is 0.500. The molecule has 22 heavy (non-hydrogen) atoms. The van der Waals surface area contributed by atoms with Crippen LogP contribution < -0.4 is 0 Å². The van der Waals surface area contributed by atoms with E-state index in [1.807, 2.05) is 0 Å². The van der Waals surface area contributed by atoms with Crippen LogP contribution in [0.1, 0.15) is 30.1 Å². The molecule has 2 heterocycles. The van der Waals surface area contributed by atoms with E-state index in [1.54, 1.807) is 37.3 Å². The molecule has 2 saturated heterocycles. The lowest BCUT2D eigenvalue weighted by Crippen LogP contribution is -2.60. The molecule has 5 unspecified atom stereocenters. The van der Waals surface area contributed by atoms with Crippen LogP contribution in [0.15, 0.2) is 30.3 Å². The molecule has 0 radical (unpaired) electrons. The van der Waals surface area contributed by atoms with E-state index in [0.717, 1.165) is 0 Å². The van der Waals surface area contributed by atoms with Crippen LogP contribution in [0.5, 0.6) is 0 Å². The van der Waals surface area contributed by atoms with Crippen molar-refractivity contribution >= 4 is 11.8 Å². The summed E-state index contributed by atoms with van der Waals surface area (Å²) < 4.78 is 16.7. The Morgan fingerprint density at radius 3 is 2.77 bits per heavy atom. The first-order chi connectivity index (χ1) is 10.4. The van der Waals surface area contributed by atoms with Gasteiger partial charge < -0.3 is 19.3 Å². The standard InChI is InChI=1S/C16H16O6/c1-15-8-11(17)10-7-16(15,19)22-14(21-15)12(10)20-13(18)9-5-3-2-4-6-9/h2-6,10,12,14,19H,7-8H2,1H3. The summed E-state index contributed by atoms with van der Waals surface area (Å²) in [6.45, 7) is 1.66. The van der Waals surface area contributed by atoms with E-state index >= 15 is 0 Å². The molecule has 6 heteroatoms. The summed E-state index contributed by atoms with van der Waals surface area (Å²) in [5, 5.41) is 10.5. The van der Waals surface area contributed by atoms with Crippen LogP contribution in [0.4, 0.5) is 0 Å². The number of ketones is 1. The van der Waals surface area contributed by atoms with E-state index < -0.39 is 35.7 Å². The first-order valence-electron chi connectivity index (χ1n) is 7.29. The van der Waals surface area contributed by atoms with Gasteiger partial charge in [-0.2, -0.15) is 0 Å². The number of aliphatic hydroxyl groups is 1. The monoisotopic (exact) mass is 304 g/mol. The van der Waals surface area contributed by atoms with Crippen molar-refractivity contribution in [1.82, 2.24) is 0 Å². The Hall–Kier alpha value is -1.76. The number of Topliss-reactive ketones (excluding diaryl/α,β-unsaturated/α-hetero) is 1. The topological polar surface area (TPSA) is 82.1 Å². The molecule has 1 aromatic carbocycles. The van der Waals surface area contributed by atoms with Gasteiger partial charge in [-0.3, -0.25) is 4.79 Å². The molecule has 0 amide bonds.